The van der Waals surface area contributed by atoms with Gasteiger partial charge in [-0.25, -0.2) is 4.79 Å². The number of benzene rings is 1. The van der Waals surface area contributed by atoms with Crippen molar-refractivity contribution in [3.8, 4) is 0 Å². The molecule has 0 amide bonds. The van der Waals surface area contributed by atoms with Crippen LogP contribution in [0.2, 0.25) is 0 Å². The molecule has 5 nitrogen and oxygen atoms in total. The van der Waals surface area contributed by atoms with Crippen molar-refractivity contribution in [3.63, 3.8) is 0 Å². The van der Waals surface area contributed by atoms with E-state index in [-0.39, 0.29) is 11.3 Å². The molecule has 1 aromatic carbocycles. The Morgan fingerprint density at radius 1 is 1.53 bits per heavy atom. The number of non-ortho nitro benzene ring substituents is 1. The summed E-state index contributed by atoms with van der Waals surface area (Å²) in [6.07, 6.45) is 0. The summed E-state index contributed by atoms with van der Waals surface area (Å²) in [6, 6.07) is 4.15. The van der Waals surface area contributed by atoms with Gasteiger partial charge in [0.2, 0.25) is 0 Å². The SMILES string of the molecule is COC(=O)c1cc(CBr)cc([N+](=O)[O-])c1. The van der Waals surface area contributed by atoms with Crippen molar-refractivity contribution >= 4 is 27.6 Å². The van der Waals surface area contributed by atoms with Crippen LogP contribution in [0.4, 0.5) is 5.69 Å². The number of nitrogens with zero attached hydrogens (tertiary/aromatic N) is 1. The molecule has 1 aromatic rings. The molecule has 80 valence electrons. The number of hydrogen-bond donors (Lipinski definition) is 0. The standard InChI is InChI=1S/C9H8BrNO4/c1-15-9(12)7-2-6(5-10)3-8(4-7)11(13)14/h2-4H,5H2,1H3. The Bertz CT molecular complexity index is 405. The van der Waals surface area contributed by atoms with Gasteiger partial charge in [-0.2, -0.15) is 0 Å². The lowest BCUT2D eigenvalue weighted by atomic mass is 10.1. The van der Waals surface area contributed by atoms with Gasteiger partial charge < -0.3 is 4.74 Å². The molecule has 0 aromatic heterocycles. The van der Waals surface area contributed by atoms with Crippen LogP contribution < -0.4 is 0 Å². The smallest absolute Gasteiger partial charge is 0.338 e. The fourth-order valence-electron chi connectivity index (χ4n) is 1.09. The van der Waals surface area contributed by atoms with E-state index in [0.717, 1.165) is 0 Å². The maximum absolute atomic E-state index is 11.2. The number of methoxy groups -OCH3 is 1. The largest absolute Gasteiger partial charge is 0.465 e. The first-order chi connectivity index (χ1) is 7.08. The maximum atomic E-state index is 11.2. The van der Waals surface area contributed by atoms with E-state index in [2.05, 4.69) is 20.7 Å². The maximum Gasteiger partial charge on any atom is 0.338 e. The molecule has 0 unspecified atom stereocenters. The van der Waals surface area contributed by atoms with E-state index in [4.69, 9.17) is 0 Å². The molecule has 0 saturated carbocycles. The third-order valence-electron chi connectivity index (χ3n) is 1.76. The van der Waals surface area contributed by atoms with Crippen molar-refractivity contribution in [1.82, 2.24) is 0 Å². The third kappa shape index (κ3) is 2.76. The topological polar surface area (TPSA) is 69.4 Å². The van der Waals surface area contributed by atoms with E-state index >= 15 is 0 Å². The number of carbonyl (C=O) groups excluding carboxylic acids is 1. The summed E-state index contributed by atoms with van der Waals surface area (Å²) in [6.45, 7) is 0. The van der Waals surface area contributed by atoms with Crippen LogP contribution in [0, 0.1) is 10.1 Å². The van der Waals surface area contributed by atoms with E-state index in [9.17, 15) is 14.9 Å². The van der Waals surface area contributed by atoms with Crippen molar-refractivity contribution in [1.29, 1.82) is 0 Å². The second-order valence-electron chi connectivity index (χ2n) is 2.77. The molecule has 0 spiro atoms. The minimum atomic E-state index is -0.582. The van der Waals surface area contributed by atoms with E-state index in [0.29, 0.717) is 10.9 Å². The lowest BCUT2D eigenvalue weighted by Gasteiger charge is -2.01. The Balaban J connectivity index is 3.23. The number of esters is 1. The van der Waals surface area contributed by atoms with Crippen LogP contribution >= 0.6 is 15.9 Å². The lowest BCUT2D eigenvalue weighted by Crippen LogP contribution is -2.03. The van der Waals surface area contributed by atoms with E-state index in [1.165, 1.54) is 19.2 Å². The van der Waals surface area contributed by atoms with Crippen molar-refractivity contribution in [3.05, 3.63) is 39.4 Å². The zero-order valence-corrected chi connectivity index (χ0v) is 9.48. The summed E-state index contributed by atoms with van der Waals surface area (Å²) in [7, 11) is 1.23. The van der Waals surface area contributed by atoms with Crippen molar-refractivity contribution in [2.45, 2.75) is 5.33 Å². The molecule has 0 saturated heterocycles. The number of halogens is 1. The van der Waals surface area contributed by atoms with E-state index in [1.54, 1.807) is 6.07 Å². The van der Waals surface area contributed by atoms with Crippen LogP contribution in [-0.4, -0.2) is 18.0 Å². The van der Waals surface area contributed by atoms with Gasteiger partial charge in [-0.05, 0) is 11.6 Å². The van der Waals surface area contributed by atoms with Gasteiger partial charge in [0, 0.05) is 17.5 Å². The van der Waals surface area contributed by atoms with Gasteiger partial charge in [0.15, 0.2) is 0 Å². The minimum Gasteiger partial charge on any atom is -0.465 e. The first-order valence-electron chi connectivity index (χ1n) is 4.01. The zero-order chi connectivity index (χ0) is 11.4. The summed E-state index contributed by atoms with van der Waals surface area (Å²) < 4.78 is 4.49. The molecule has 0 radical (unpaired) electrons. The summed E-state index contributed by atoms with van der Waals surface area (Å²) in [5.74, 6) is -0.582. The highest BCUT2D eigenvalue weighted by atomic mass is 79.9. The number of alkyl halides is 1. The number of nitro groups is 1. The van der Waals surface area contributed by atoms with Gasteiger partial charge in [-0.3, -0.25) is 10.1 Å². The molecule has 15 heavy (non-hydrogen) atoms. The highest BCUT2D eigenvalue weighted by Gasteiger charge is 2.14. The molecule has 0 fully saturated rings. The Hall–Kier alpha value is -1.43. The van der Waals surface area contributed by atoms with Crippen LogP contribution in [0.5, 0.6) is 0 Å². The fraction of sp³-hybridized carbons (Fsp3) is 0.222. The van der Waals surface area contributed by atoms with Crippen molar-refractivity contribution < 1.29 is 14.5 Å². The van der Waals surface area contributed by atoms with Gasteiger partial charge in [0.05, 0.1) is 17.6 Å². The highest BCUT2D eigenvalue weighted by molar-refractivity contribution is 9.08. The molecule has 0 atom stereocenters. The Kier molecular flexibility index (Phi) is 3.79. The Morgan fingerprint density at radius 2 is 2.20 bits per heavy atom. The fourth-order valence-corrected chi connectivity index (χ4v) is 1.42. The van der Waals surface area contributed by atoms with E-state index < -0.39 is 10.9 Å². The minimum absolute atomic E-state index is 0.118. The molecule has 0 aliphatic rings. The summed E-state index contributed by atoms with van der Waals surface area (Å²) in [4.78, 5) is 21.2. The third-order valence-corrected chi connectivity index (χ3v) is 2.41. The van der Waals surface area contributed by atoms with Crippen molar-refractivity contribution in [2.24, 2.45) is 0 Å². The first kappa shape index (κ1) is 11.6. The van der Waals surface area contributed by atoms with Gasteiger partial charge in [0.1, 0.15) is 0 Å². The molecule has 0 aliphatic carbocycles. The van der Waals surface area contributed by atoms with Crippen LogP contribution in [0.1, 0.15) is 15.9 Å². The van der Waals surface area contributed by atoms with Gasteiger partial charge in [-0.15, -0.1) is 0 Å². The van der Waals surface area contributed by atoms with Crippen LogP contribution in [0.25, 0.3) is 0 Å². The lowest BCUT2D eigenvalue weighted by molar-refractivity contribution is -0.384. The predicted molar refractivity (Wildman–Crippen MR) is 57.1 cm³/mol. The molecule has 0 heterocycles. The second kappa shape index (κ2) is 4.88. The average Bonchev–Trinajstić information content (AvgIpc) is 2.27. The molecule has 6 heteroatoms. The summed E-state index contributed by atoms with van der Waals surface area (Å²) >= 11 is 3.17. The molecular weight excluding hydrogens is 266 g/mol. The summed E-state index contributed by atoms with van der Waals surface area (Å²) in [5.41, 5.74) is 0.720. The molecule has 0 aliphatic heterocycles. The quantitative estimate of drug-likeness (QED) is 0.367. The van der Waals surface area contributed by atoms with Gasteiger partial charge >= 0.3 is 5.97 Å². The monoisotopic (exact) mass is 273 g/mol. The number of nitro benzene ring substituents is 1. The molecule has 0 bridgehead atoms. The van der Waals surface area contributed by atoms with Crippen LogP contribution in [0.3, 0.4) is 0 Å². The van der Waals surface area contributed by atoms with Gasteiger partial charge in [-0.1, -0.05) is 15.9 Å². The predicted octanol–water partition coefficient (Wildman–Crippen LogP) is 2.28. The van der Waals surface area contributed by atoms with Gasteiger partial charge in [0.25, 0.3) is 5.69 Å². The molecular formula is C9H8BrNO4. The molecule has 0 N–H and O–H groups in total. The molecule has 1 rings (SSSR count). The number of carbonyl (C=O) groups is 1. The number of hydrogen-bond acceptors (Lipinski definition) is 4. The zero-order valence-electron chi connectivity index (χ0n) is 7.90. The normalized spacial score (nSPS) is 9.73. The first-order valence-corrected chi connectivity index (χ1v) is 5.13. The van der Waals surface area contributed by atoms with Crippen LogP contribution in [0.15, 0.2) is 18.2 Å². The average molecular weight is 274 g/mol. The Morgan fingerprint density at radius 3 is 2.67 bits per heavy atom. The number of ether oxygens (including phenoxy) is 1. The summed E-state index contributed by atoms with van der Waals surface area (Å²) in [5, 5.41) is 11.0. The number of rotatable bonds is 3. The van der Waals surface area contributed by atoms with Crippen molar-refractivity contribution in [2.75, 3.05) is 7.11 Å². The van der Waals surface area contributed by atoms with Crippen LogP contribution in [-0.2, 0) is 10.1 Å². The highest BCUT2D eigenvalue weighted by Crippen LogP contribution is 2.19. The Labute approximate surface area is 94.3 Å². The second-order valence-corrected chi connectivity index (χ2v) is 3.33. The van der Waals surface area contributed by atoms with E-state index in [1.807, 2.05) is 0 Å².